The van der Waals surface area contributed by atoms with Gasteiger partial charge in [-0.05, 0) is 36.7 Å². The van der Waals surface area contributed by atoms with Gasteiger partial charge in [-0.2, -0.15) is 0 Å². The van der Waals surface area contributed by atoms with E-state index in [1.54, 1.807) is 12.1 Å². The lowest BCUT2D eigenvalue weighted by Gasteiger charge is -2.07. The van der Waals surface area contributed by atoms with Crippen LogP contribution in [0.1, 0.15) is 35.6 Å². The Labute approximate surface area is 120 Å². The molecule has 0 radical (unpaired) electrons. The van der Waals surface area contributed by atoms with Gasteiger partial charge in [-0.25, -0.2) is 9.78 Å². The average molecular weight is 290 g/mol. The van der Waals surface area contributed by atoms with Crippen molar-refractivity contribution in [1.29, 1.82) is 0 Å². The van der Waals surface area contributed by atoms with Crippen LogP contribution in [0.4, 0.5) is 0 Å². The molecule has 2 aromatic rings. The van der Waals surface area contributed by atoms with E-state index < -0.39 is 5.97 Å². The smallest absolute Gasteiger partial charge is 0.355 e. The van der Waals surface area contributed by atoms with Crippen LogP contribution in [-0.2, 0) is 13.0 Å². The quantitative estimate of drug-likeness (QED) is 0.933. The number of aryl methyl sites for hydroxylation is 1. The molecular formula is C13H14N4O2S. The Morgan fingerprint density at radius 1 is 1.30 bits per heavy atom. The highest BCUT2D eigenvalue weighted by molar-refractivity contribution is 7.99. The monoisotopic (exact) mass is 290 g/mol. The van der Waals surface area contributed by atoms with Gasteiger partial charge in [0.05, 0.1) is 0 Å². The van der Waals surface area contributed by atoms with E-state index >= 15 is 0 Å². The Morgan fingerprint density at radius 2 is 2.20 bits per heavy atom. The minimum atomic E-state index is -1.02. The maximum absolute atomic E-state index is 11.2. The van der Waals surface area contributed by atoms with Gasteiger partial charge in [-0.3, -0.25) is 0 Å². The van der Waals surface area contributed by atoms with Gasteiger partial charge in [0.15, 0.2) is 10.9 Å². The molecule has 0 saturated heterocycles. The lowest BCUT2D eigenvalue weighted by Crippen LogP contribution is -2.04. The molecule has 0 unspecified atom stereocenters. The number of pyridine rings is 1. The summed E-state index contributed by atoms with van der Waals surface area (Å²) in [4.78, 5) is 15.7. The fourth-order valence-electron chi connectivity index (χ4n) is 2.27. The third-order valence-electron chi connectivity index (χ3n) is 3.25. The van der Waals surface area contributed by atoms with Crippen LogP contribution in [0.5, 0.6) is 0 Å². The zero-order chi connectivity index (χ0) is 13.9. The van der Waals surface area contributed by atoms with E-state index in [1.165, 1.54) is 24.4 Å². The lowest BCUT2D eigenvalue weighted by atomic mass is 10.2. The van der Waals surface area contributed by atoms with E-state index in [1.807, 2.05) is 0 Å². The number of aromatic nitrogens is 4. The molecule has 0 spiro atoms. The van der Waals surface area contributed by atoms with Crippen molar-refractivity contribution in [3.63, 3.8) is 0 Å². The third kappa shape index (κ3) is 2.53. The summed E-state index contributed by atoms with van der Waals surface area (Å²) < 4.78 is 2.09. The molecule has 0 aromatic carbocycles. The van der Waals surface area contributed by atoms with E-state index in [-0.39, 0.29) is 5.69 Å². The maximum Gasteiger partial charge on any atom is 0.355 e. The molecule has 1 aliphatic heterocycles. The molecule has 6 nitrogen and oxygen atoms in total. The van der Waals surface area contributed by atoms with Gasteiger partial charge in [0, 0.05) is 24.1 Å². The minimum absolute atomic E-state index is 0.0588. The summed E-state index contributed by atoms with van der Waals surface area (Å²) in [7, 11) is 0. The second-order valence-electron chi connectivity index (χ2n) is 4.62. The number of fused-ring (bicyclic) bond motifs is 1. The number of aromatic carboxylic acids is 1. The SMILES string of the molecule is O=C(O)c1ncccc1Sc1nnc2n1CCCCC2. The number of carboxylic acids is 1. The molecule has 104 valence electrons. The van der Waals surface area contributed by atoms with Crippen LogP contribution in [-0.4, -0.2) is 30.8 Å². The number of rotatable bonds is 3. The van der Waals surface area contributed by atoms with Crippen LogP contribution in [0, 0.1) is 0 Å². The Hall–Kier alpha value is -1.89. The molecule has 7 heteroatoms. The lowest BCUT2D eigenvalue weighted by molar-refractivity contribution is 0.0686. The molecule has 0 fully saturated rings. The van der Waals surface area contributed by atoms with Gasteiger partial charge in [0.1, 0.15) is 5.82 Å². The number of hydrogen-bond donors (Lipinski definition) is 1. The number of carboxylic acid groups (broad SMARTS) is 1. The van der Waals surface area contributed by atoms with Crippen LogP contribution in [0.15, 0.2) is 28.4 Å². The van der Waals surface area contributed by atoms with Crippen LogP contribution >= 0.6 is 11.8 Å². The van der Waals surface area contributed by atoms with Gasteiger partial charge >= 0.3 is 5.97 Å². The predicted octanol–water partition coefficient (Wildman–Crippen LogP) is 2.25. The molecule has 3 heterocycles. The van der Waals surface area contributed by atoms with Crippen molar-refractivity contribution in [3.8, 4) is 0 Å². The first-order valence-electron chi connectivity index (χ1n) is 6.54. The Morgan fingerprint density at radius 3 is 3.05 bits per heavy atom. The van der Waals surface area contributed by atoms with Crippen molar-refractivity contribution in [1.82, 2.24) is 19.7 Å². The van der Waals surface area contributed by atoms with Crippen molar-refractivity contribution in [2.24, 2.45) is 0 Å². The highest BCUT2D eigenvalue weighted by Crippen LogP contribution is 2.30. The highest BCUT2D eigenvalue weighted by atomic mass is 32.2. The summed E-state index contributed by atoms with van der Waals surface area (Å²) >= 11 is 1.32. The largest absolute Gasteiger partial charge is 0.476 e. The van der Waals surface area contributed by atoms with Crippen LogP contribution in [0.3, 0.4) is 0 Å². The minimum Gasteiger partial charge on any atom is -0.476 e. The van der Waals surface area contributed by atoms with Gasteiger partial charge in [0.25, 0.3) is 0 Å². The van der Waals surface area contributed by atoms with Gasteiger partial charge < -0.3 is 9.67 Å². The number of nitrogens with zero attached hydrogens (tertiary/aromatic N) is 4. The fraction of sp³-hybridized carbons (Fsp3) is 0.385. The number of hydrogen-bond acceptors (Lipinski definition) is 5. The van der Waals surface area contributed by atoms with Crippen molar-refractivity contribution in [2.75, 3.05) is 0 Å². The van der Waals surface area contributed by atoms with E-state index in [2.05, 4.69) is 19.7 Å². The Bertz CT molecular complexity index is 641. The number of carbonyl (C=O) groups is 1. The normalized spacial score (nSPS) is 14.6. The van der Waals surface area contributed by atoms with Crippen molar-refractivity contribution in [3.05, 3.63) is 29.8 Å². The summed E-state index contributed by atoms with van der Waals surface area (Å²) in [5.74, 6) is -0.0329. The molecule has 20 heavy (non-hydrogen) atoms. The molecular weight excluding hydrogens is 276 g/mol. The van der Waals surface area contributed by atoms with E-state index in [4.69, 9.17) is 5.11 Å². The molecule has 3 rings (SSSR count). The van der Waals surface area contributed by atoms with Gasteiger partial charge in [-0.1, -0.05) is 6.42 Å². The molecule has 0 bridgehead atoms. The maximum atomic E-state index is 11.2. The summed E-state index contributed by atoms with van der Waals surface area (Å²) in [6.45, 7) is 0.896. The standard InChI is InChI=1S/C13H14N4O2S/c18-12(19)11-9(5-4-7-14-11)20-13-16-15-10-6-2-1-3-8-17(10)13/h4-5,7H,1-3,6,8H2,(H,18,19). The summed E-state index contributed by atoms with van der Waals surface area (Å²) in [5.41, 5.74) is 0.0588. The van der Waals surface area contributed by atoms with Gasteiger partial charge in [-0.15, -0.1) is 10.2 Å². The molecule has 0 atom stereocenters. The summed E-state index contributed by atoms with van der Waals surface area (Å²) in [6.07, 6.45) is 5.86. The highest BCUT2D eigenvalue weighted by Gasteiger charge is 2.18. The molecule has 1 aliphatic rings. The van der Waals surface area contributed by atoms with E-state index in [0.29, 0.717) is 4.90 Å². The van der Waals surface area contributed by atoms with E-state index in [9.17, 15) is 4.79 Å². The molecule has 0 amide bonds. The second kappa shape index (κ2) is 5.62. The van der Waals surface area contributed by atoms with Crippen LogP contribution < -0.4 is 0 Å². The van der Waals surface area contributed by atoms with E-state index in [0.717, 1.165) is 36.8 Å². The molecule has 2 aromatic heterocycles. The van der Waals surface area contributed by atoms with Crippen LogP contribution in [0.2, 0.25) is 0 Å². The molecule has 0 aliphatic carbocycles. The first kappa shape index (κ1) is 13.1. The molecule has 1 N–H and O–H groups in total. The zero-order valence-electron chi connectivity index (χ0n) is 10.8. The molecule has 0 saturated carbocycles. The second-order valence-corrected chi connectivity index (χ2v) is 5.63. The summed E-state index contributed by atoms with van der Waals surface area (Å²) in [6, 6.07) is 3.48. The van der Waals surface area contributed by atoms with Crippen molar-refractivity contribution in [2.45, 2.75) is 42.3 Å². The fourth-order valence-corrected chi connectivity index (χ4v) is 3.23. The van der Waals surface area contributed by atoms with Crippen LogP contribution in [0.25, 0.3) is 0 Å². The topological polar surface area (TPSA) is 80.9 Å². The van der Waals surface area contributed by atoms with Gasteiger partial charge in [0.2, 0.25) is 0 Å². The third-order valence-corrected chi connectivity index (χ3v) is 4.28. The van der Waals surface area contributed by atoms with Crippen molar-refractivity contribution >= 4 is 17.7 Å². The first-order valence-corrected chi connectivity index (χ1v) is 7.35. The average Bonchev–Trinajstić information content (AvgIpc) is 2.68. The predicted molar refractivity (Wildman–Crippen MR) is 72.9 cm³/mol. The Balaban J connectivity index is 1.92. The zero-order valence-corrected chi connectivity index (χ0v) is 11.6. The summed E-state index contributed by atoms with van der Waals surface area (Å²) in [5, 5.41) is 18.3. The first-order chi connectivity index (χ1) is 9.75. The van der Waals surface area contributed by atoms with Crippen molar-refractivity contribution < 1.29 is 9.90 Å². The Kier molecular flexibility index (Phi) is 3.68.